The Morgan fingerprint density at radius 1 is 1.23 bits per heavy atom. The summed E-state index contributed by atoms with van der Waals surface area (Å²) in [5.74, 6) is -0.651. The van der Waals surface area contributed by atoms with Gasteiger partial charge in [-0.25, -0.2) is 4.39 Å². The maximum absolute atomic E-state index is 13.5. The van der Waals surface area contributed by atoms with Crippen LogP contribution in [0.15, 0.2) is 46.9 Å². The van der Waals surface area contributed by atoms with E-state index in [1.54, 1.807) is 28.0 Å². The van der Waals surface area contributed by atoms with Crippen LogP contribution in [-0.2, 0) is 16.1 Å². The second-order valence-electron chi connectivity index (χ2n) is 8.08. The average Bonchev–Trinajstić information content (AvgIpc) is 3.03. The van der Waals surface area contributed by atoms with E-state index in [9.17, 15) is 18.8 Å². The zero-order chi connectivity index (χ0) is 22.2. The number of nitrogens with one attached hydrogen (secondary N) is 1. The summed E-state index contributed by atoms with van der Waals surface area (Å²) in [4.78, 5) is 41.5. The third-order valence-corrected chi connectivity index (χ3v) is 6.40. The number of amides is 3. The molecule has 0 aromatic heterocycles. The van der Waals surface area contributed by atoms with Crippen molar-refractivity contribution in [3.8, 4) is 0 Å². The van der Waals surface area contributed by atoms with Gasteiger partial charge in [0, 0.05) is 30.4 Å². The number of hydrogen-bond acceptors (Lipinski definition) is 3. The molecule has 8 heteroatoms. The first-order valence-electron chi connectivity index (χ1n) is 10.3. The summed E-state index contributed by atoms with van der Waals surface area (Å²) < 4.78 is 14.1. The molecule has 1 N–H and O–H groups in total. The minimum Gasteiger partial charge on any atom is -0.352 e. The first-order chi connectivity index (χ1) is 14.8. The predicted octanol–water partition coefficient (Wildman–Crippen LogP) is 3.98. The van der Waals surface area contributed by atoms with Crippen LogP contribution in [0.2, 0.25) is 0 Å². The summed E-state index contributed by atoms with van der Waals surface area (Å²) >= 11 is 3.24. The molecule has 162 valence electrons. The zero-order valence-corrected chi connectivity index (χ0v) is 18.7. The third-order valence-electron chi connectivity index (χ3n) is 5.94. The lowest BCUT2D eigenvalue weighted by Gasteiger charge is -2.48. The van der Waals surface area contributed by atoms with Gasteiger partial charge in [0.05, 0.1) is 11.3 Å². The fraction of sp³-hybridized carbons (Fsp3) is 0.348. The van der Waals surface area contributed by atoms with Crippen LogP contribution in [0.1, 0.15) is 48.5 Å². The fourth-order valence-electron chi connectivity index (χ4n) is 4.44. The molecule has 6 nitrogen and oxygen atoms in total. The van der Waals surface area contributed by atoms with Crippen molar-refractivity contribution in [2.75, 3.05) is 11.4 Å². The van der Waals surface area contributed by atoms with E-state index in [0.29, 0.717) is 47.1 Å². The molecule has 3 amide bonds. The highest BCUT2D eigenvalue weighted by Gasteiger charge is 2.52. The minimum atomic E-state index is -0.715. The van der Waals surface area contributed by atoms with Gasteiger partial charge in [-0.05, 0) is 55.7 Å². The molecule has 1 saturated heterocycles. The number of anilines is 1. The van der Waals surface area contributed by atoms with Crippen LogP contribution in [0, 0.1) is 5.82 Å². The number of hydrogen-bond donors (Lipinski definition) is 1. The first kappa shape index (κ1) is 21.5. The van der Waals surface area contributed by atoms with E-state index >= 15 is 0 Å². The van der Waals surface area contributed by atoms with E-state index in [1.165, 1.54) is 12.1 Å². The van der Waals surface area contributed by atoms with E-state index in [0.717, 1.165) is 0 Å². The number of rotatable bonds is 6. The van der Waals surface area contributed by atoms with Crippen molar-refractivity contribution >= 4 is 39.3 Å². The Bertz CT molecular complexity index is 1040. The highest BCUT2D eigenvalue weighted by Crippen LogP contribution is 2.44. The quantitative estimate of drug-likeness (QED) is 0.669. The molecule has 31 heavy (non-hydrogen) atoms. The molecule has 2 aliphatic heterocycles. The molecule has 2 aliphatic rings. The molecule has 0 spiro atoms. The van der Waals surface area contributed by atoms with Gasteiger partial charge in [0.25, 0.3) is 5.91 Å². The van der Waals surface area contributed by atoms with Crippen LogP contribution in [0.5, 0.6) is 0 Å². The molecule has 0 aliphatic carbocycles. The Morgan fingerprint density at radius 3 is 2.77 bits per heavy atom. The van der Waals surface area contributed by atoms with E-state index < -0.39 is 5.66 Å². The zero-order valence-electron chi connectivity index (χ0n) is 17.2. The summed E-state index contributed by atoms with van der Waals surface area (Å²) in [6.45, 7) is 2.51. The van der Waals surface area contributed by atoms with Gasteiger partial charge < -0.3 is 10.2 Å². The van der Waals surface area contributed by atoms with E-state index in [1.807, 2.05) is 19.1 Å². The summed E-state index contributed by atoms with van der Waals surface area (Å²) in [5, 5.41) is 2.79. The Kier molecular flexibility index (Phi) is 5.83. The van der Waals surface area contributed by atoms with Crippen LogP contribution in [-0.4, -0.2) is 34.8 Å². The molecule has 1 atom stereocenters. The van der Waals surface area contributed by atoms with E-state index in [2.05, 4.69) is 21.2 Å². The van der Waals surface area contributed by atoms with Crippen LogP contribution >= 0.6 is 15.9 Å². The number of benzene rings is 2. The van der Waals surface area contributed by atoms with Crippen molar-refractivity contribution in [2.24, 2.45) is 0 Å². The molecular weight excluding hydrogens is 465 g/mol. The molecule has 0 radical (unpaired) electrons. The number of carbonyl (C=O) groups is 3. The Morgan fingerprint density at radius 2 is 2.00 bits per heavy atom. The maximum atomic E-state index is 13.5. The van der Waals surface area contributed by atoms with Gasteiger partial charge >= 0.3 is 0 Å². The first-order valence-corrected chi connectivity index (χ1v) is 11.0. The molecule has 2 aromatic carbocycles. The van der Waals surface area contributed by atoms with Gasteiger partial charge in [0.2, 0.25) is 11.8 Å². The normalized spacial score (nSPS) is 20.0. The predicted molar refractivity (Wildman–Crippen MR) is 118 cm³/mol. The maximum Gasteiger partial charge on any atom is 0.257 e. The average molecular weight is 488 g/mol. The van der Waals surface area contributed by atoms with Crippen molar-refractivity contribution < 1.29 is 18.8 Å². The van der Waals surface area contributed by atoms with Gasteiger partial charge in [-0.2, -0.15) is 0 Å². The van der Waals surface area contributed by atoms with Crippen molar-refractivity contribution in [3.05, 3.63) is 63.9 Å². The van der Waals surface area contributed by atoms with E-state index in [-0.39, 0.29) is 36.5 Å². The van der Waals surface area contributed by atoms with Crippen LogP contribution in [0.4, 0.5) is 10.1 Å². The Balaban J connectivity index is 1.39. The van der Waals surface area contributed by atoms with Gasteiger partial charge in [-0.15, -0.1) is 0 Å². The molecule has 2 heterocycles. The topological polar surface area (TPSA) is 69.7 Å². The Hall–Kier alpha value is -2.74. The van der Waals surface area contributed by atoms with Gasteiger partial charge in [0.15, 0.2) is 0 Å². The second kappa shape index (κ2) is 8.42. The highest BCUT2D eigenvalue weighted by molar-refractivity contribution is 9.10. The Labute approximate surface area is 188 Å². The summed E-state index contributed by atoms with van der Waals surface area (Å²) in [6, 6.07) is 11.6. The fourth-order valence-corrected chi connectivity index (χ4v) is 4.95. The highest BCUT2D eigenvalue weighted by atomic mass is 79.9. The lowest BCUT2D eigenvalue weighted by Crippen LogP contribution is -2.62. The standard InChI is InChI=1S/C23H23BrFN3O3/c1-23-9-8-21(30)28(23)19-6-3-2-5-18(19)22(31)27(23)10-4-7-20(29)26-14-15-11-16(24)13-17(25)12-15/h2-3,5-6,11-13H,4,7-10,14H2,1H3,(H,26,29). The number of para-hydroxylation sites is 1. The van der Waals surface area contributed by atoms with Crippen molar-refractivity contribution in [2.45, 2.75) is 44.8 Å². The molecule has 0 saturated carbocycles. The summed E-state index contributed by atoms with van der Waals surface area (Å²) in [7, 11) is 0. The molecule has 1 unspecified atom stereocenters. The van der Waals surface area contributed by atoms with Crippen molar-refractivity contribution in [1.29, 1.82) is 0 Å². The van der Waals surface area contributed by atoms with Crippen LogP contribution < -0.4 is 10.2 Å². The summed E-state index contributed by atoms with van der Waals surface area (Å²) in [6.07, 6.45) is 1.64. The SMILES string of the molecule is CC12CCC(=O)N1c1ccccc1C(=O)N2CCCC(=O)NCc1cc(F)cc(Br)c1. The van der Waals surface area contributed by atoms with E-state index in [4.69, 9.17) is 0 Å². The molecule has 1 fully saturated rings. The number of carbonyl (C=O) groups excluding carboxylic acids is 3. The lowest BCUT2D eigenvalue weighted by molar-refractivity contribution is -0.121. The second-order valence-corrected chi connectivity index (χ2v) is 8.99. The molecule has 4 rings (SSSR count). The molecular formula is C23H23BrFN3O3. The van der Waals surface area contributed by atoms with Crippen LogP contribution in [0.25, 0.3) is 0 Å². The lowest BCUT2D eigenvalue weighted by atomic mass is 9.98. The third kappa shape index (κ3) is 4.08. The van der Waals surface area contributed by atoms with Crippen molar-refractivity contribution in [3.63, 3.8) is 0 Å². The van der Waals surface area contributed by atoms with Gasteiger partial charge in [0.1, 0.15) is 11.5 Å². The number of nitrogens with zero attached hydrogens (tertiary/aromatic N) is 2. The number of fused-ring (bicyclic) bond motifs is 3. The number of halogens is 2. The largest absolute Gasteiger partial charge is 0.352 e. The van der Waals surface area contributed by atoms with Gasteiger partial charge in [-0.3, -0.25) is 19.3 Å². The van der Waals surface area contributed by atoms with Crippen LogP contribution in [0.3, 0.4) is 0 Å². The minimum absolute atomic E-state index is 0.00597. The van der Waals surface area contributed by atoms with Crippen molar-refractivity contribution in [1.82, 2.24) is 10.2 Å². The monoisotopic (exact) mass is 487 g/mol. The smallest absolute Gasteiger partial charge is 0.257 e. The molecule has 2 aromatic rings. The molecule has 0 bridgehead atoms. The van der Waals surface area contributed by atoms with Gasteiger partial charge in [-0.1, -0.05) is 28.1 Å². The summed E-state index contributed by atoms with van der Waals surface area (Å²) in [5.41, 5.74) is 1.12.